The average molecular weight is 369 g/mol. The van der Waals surface area contributed by atoms with Gasteiger partial charge in [0.25, 0.3) is 5.69 Å². The molecule has 1 unspecified atom stereocenters. The molecule has 1 aromatic carbocycles. The van der Waals surface area contributed by atoms with Gasteiger partial charge in [0.05, 0.1) is 15.6 Å². The molecule has 0 aromatic heterocycles. The van der Waals surface area contributed by atoms with Gasteiger partial charge in [0.2, 0.25) is 11.8 Å². The standard InChI is InChI=1S/C15H19N3O6S/c1-2-3-4-10(15(21)22)17-13(19)8-25-12-6-5-9(14(16)20)7-11(12)18(23)24/h5-7,10H,2-4,8H2,1H3,(H2,16,20)(H,17,19)(H,21,22). The second-order valence-corrected chi connectivity index (χ2v) is 6.21. The number of carbonyl (C=O) groups excluding carboxylic acids is 2. The fourth-order valence-corrected chi connectivity index (χ4v) is 2.80. The summed E-state index contributed by atoms with van der Waals surface area (Å²) in [7, 11) is 0. The zero-order valence-corrected chi connectivity index (χ0v) is 14.4. The number of nitrogens with zero attached hydrogens (tertiary/aromatic N) is 1. The largest absolute Gasteiger partial charge is 0.480 e. The molecule has 2 amide bonds. The van der Waals surface area contributed by atoms with Crippen LogP contribution in [0, 0.1) is 10.1 Å². The molecule has 0 fully saturated rings. The third-order valence-electron chi connectivity index (χ3n) is 3.28. The molecular weight excluding hydrogens is 350 g/mol. The van der Waals surface area contributed by atoms with Crippen LogP contribution in [0.3, 0.4) is 0 Å². The Kier molecular flexibility index (Phi) is 7.86. The summed E-state index contributed by atoms with van der Waals surface area (Å²) in [5, 5.41) is 22.6. The van der Waals surface area contributed by atoms with Crippen molar-refractivity contribution < 1.29 is 24.4 Å². The van der Waals surface area contributed by atoms with Crippen LogP contribution >= 0.6 is 11.8 Å². The molecule has 0 heterocycles. The molecule has 0 radical (unpaired) electrons. The van der Waals surface area contributed by atoms with Crippen molar-refractivity contribution in [2.45, 2.75) is 37.1 Å². The van der Waals surface area contributed by atoms with Gasteiger partial charge < -0.3 is 16.2 Å². The molecule has 9 nitrogen and oxygen atoms in total. The Labute approximate surface area is 148 Å². The number of benzene rings is 1. The van der Waals surface area contributed by atoms with Crippen molar-refractivity contribution in [3.05, 3.63) is 33.9 Å². The minimum absolute atomic E-state index is 0.00833. The zero-order valence-electron chi connectivity index (χ0n) is 13.6. The first-order valence-corrected chi connectivity index (χ1v) is 8.48. The number of amides is 2. The van der Waals surface area contributed by atoms with Crippen molar-refractivity contribution in [3.63, 3.8) is 0 Å². The van der Waals surface area contributed by atoms with Crippen molar-refractivity contribution >= 4 is 35.2 Å². The molecule has 1 rings (SSSR count). The summed E-state index contributed by atoms with van der Waals surface area (Å²) in [5.41, 5.74) is 4.74. The highest BCUT2D eigenvalue weighted by Crippen LogP contribution is 2.30. The minimum Gasteiger partial charge on any atom is -0.480 e. The summed E-state index contributed by atoms with van der Waals surface area (Å²) < 4.78 is 0. The second kappa shape index (κ2) is 9.62. The summed E-state index contributed by atoms with van der Waals surface area (Å²) in [5.74, 6) is -2.64. The third kappa shape index (κ3) is 6.42. The highest BCUT2D eigenvalue weighted by Gasteiger charge is 2.21. The van der Waals surface area contributed by atoms with Crippen LogP contribution in [0.1, 0.15) is 36.5 Å². The predicted molar refractivity (Wildman–Crippen MR) is 91.4 cm³/mol. The monoisotopic (exact) mass is 369 g/mol. The van der Waals surface area contributed by atoms with Crippen LogP contribution in [-0.4, -0.2) is 39.6 Å². The maximum Gasteiger partial charge on any atom is 0.326 e. The normalized spacial score (nSPS) is 11.6. The molecule has 4 N–H and O–H groups in total. The topological polar surface area (TPSA) is 153 Å². The van der Waals surface area contributed by atoms with Gasteiger partial charge in [-0.25, -0.2) is 4.79 Å². The first-order valence-electron chi connectivity index (χ1n) is 7.49. The smallest absolute Gasteiger partial charge is 0.326 e. The van der Waals surface area contributed by atoms with Crippen molar-refractivity contribution in [1.29, 1.82) is 0 Å². The Morgan fingerprint density at radius 1 is 1.40 bits per heavy atom. The third-order valence-corrected chi connectivity index (χ3v) is 4.34. The molecule has 1 aromatic rings. The lowest BCUT2D eigenvalue weighted by molar-refractivity contribution is -0.387. The number of nitro benzene ring substituents is 1. The molecule has 0 saturated heterocycles. The lowest BCUT2D eigenvalue weighted by atomic mass is 10.1. The number of nitrogens with one attached hydrogen (secondary N) is 1. The van der Waals surface area contributed by atoms with E-state index in [1.807, 2.05) is 6.92 Å². The van der Waals surface area contributed by atoms with E-state index in [4.69, 9.17) is 10.8 Å². The Bertz CT molecular complexity index is 679. The number of carboxylic acid groups (broad SMARTS) is 1. The number of nitrogens with two attached hydrogens (primary N) is 1. The van der Waals surface area contributed by atoms with Crippen molar-refractivity contribution in [2.75, 3.05) is 5.75 Å². The van der Waals surface area contributed by atoms with E-state index >= 15 is 0 Å². The zero-order chi connectivity index (χ0) is 19.0. The Hall–Kier alpha value is -2.62. The molecule has 0 aliphatic carbocycles. The number of hydrogen-bond donors (Lipinski definition) is 3. The lowest BCUT2D eigenvalue weighted by Crippen LogP contribution is -2.41. The van der Waals surface area contributed by atoms with E-state index in [0.717, 1.165) is 24.2 Å². The van der Waals surface area contributed by atoms with Gasteiger partial charge in [-0.1, -0.05) is 19.8 Å². The van der Waals surface area contributed by atoms with E-state index in [1.54, 1.807) is 0 Å². The van der Waals surface area contributed by atoms with E-state index in [2.05, 4.69) is 5.32 Å². The molecule has 0 bridgehead atoms. The van der Waals surface area contributed by atoms with E-state index in [9.17, 15) is 24.5 Å². The van der Waals surface area contributed by atoms with Crippen molar-refractivity contribution in [1.82, 2.24) is 5.32 Å². The molecule has 0 aliphatic heterocycles. The SMILES string of the molecule is CCCCC(NC(=O)CSc1ccc(C(N)=O)cc1[N+](=O)[O-])C(=O)O. The van der Waals surface area contributed by atoms with Crippen LogP contribution < -0.4 is 11.1 Å². The Balaban J connectivity index is 2.76. The van der Waals surface area contributed by atoms with Crippen LogP contribution in [0.4, 0.5) is 5.69 Å². The number of rotatable bonds is 10. The summed E-state index contributed by atoms with van der Waals surface area (Å²) in [6, 6.07) is 2.73. The van der Waals surface area contributed by atoms with E-state index in [1.165, 1.54) is 12.1 Å². The number of hydrogen-bond acceptors (Lipinski definition) is 6. The molecule has 0 aliphatic rings. The van der Waals surface area contributed by atoms with Crippen LogP contribution in [0.25, 0.3) is 0 Å². The van der Waals surface area contributed by atoms with Gasteiger partial charge in [-0.2, -0.15) is 0 Å². The maximum absolute atomic E-state index is 11.9. The van der Waals surface area contributed by atoms with Gasteiger partial charge >= 0.3 is 5.97 Å². The predicted octanol–water partition coefficient (Wildman–Crippen LogP) is 1.55. The van der Waals surface area contributed by atoms with Crippen LogP contribution in [0.2, 0.25) is 0 Å². The molecular formula is C15H19N3O6S. The van der Waals surface area contributed by atoms with E-state index in [-0.39, 0.29) is 21.9 Å². The first-order chi connectivity index (χ1) is 11.8. The average Bonchev–Trinajstić information content (AvgIpc) is 2.55. The van der Waals surface area contributed by atoms with Gasteiger partial charge in [0.1, 0.15) is 6.04 Å². The summed E-state index contributed by atoms with van der Waals surface area (Å²) in [6.45, 7) is 1.91. The summed E-state index contributed by atoms with van der Waals surface area (Å²) >= 11 is 0.883. The highest BCUT2D eigenvalue weighted by atomic mass is 32.2. The number of carbonyl (C=O) groups is 3. The fourth-order valence-electron chi connectivity index (χ4n) is 1.98. The van der Waals surface area contributed by atoms with Gasteiger partial charge in [-0.15, -0.1) is 11.8 Å². The molecule has 136 valence electrons. The van der Waals surface area contributed by atoms with Crippen LogP contribution in [-0.2, 0) is 9.59 Å². The van der Waals surface area contributed by atoms with Crippen LogP contribution in [0.5, 0.6) is 0 Å². The van der Waals surface area contributed by atoms with Crippen molar-refractivity contribution in [3.8, 4) is 0 Å². The molecule has 1 atom stereocenters. The number of thioether (sulfide) groups is 1. The second-order valence-electron chi connectivity index (χ2n) is 5.19. The number of aliphatic carboxylic acids is 1. The molecule has 0 spiro atoms. The quantitative estimate of drug-likeness (QED) is 0.321. The number of unbranched alkanes of at least 4 members (excludes halogenated alkanes) is 1. The van der Waals surface area contributed by atoms with Crippen molar-refractivity contribution in [2.24, 2.45) is 5.73 Å². The highest BCUT2D eigenvalue weighted by molar-refractivity contribution is 8.00. The Morgan fingerprint density at radius 3 is 2.60 bits per heavy atom. The lowest BCUT2D eigenvalue weighted by Gasteiger charge is -2.13. The van der Waals surface area contributed by atoms with E-state index in [0.29, 0.717) is 12.8 Å². The van der Waals surface area contributed by atoms with Gasteiger partial charge in [-0.3, -0.25) is 19.7 Å². The maximum atomic E-state index is 11.9. The van der Waals surface area contributed by atoms with Gasteiger partial charge in [0.15, 0.2) is 0 Å². The first kappa shape index (κ1) is 20.4. The Morgan fingerprint density at radius 2 is 2.08 bits per heavy atom. The summed E-state index contributed by atoms with van der Waals surface area (Å²) in [6.07, 6.45) is 1.77. The molecule has 10 heteroatoms. The number of primary amides is 1. The van der Waals surface area contributed by atoms with Crippen LogP contribution in [0.15, 0.2) is 23.1 Å². The molecule has 25 heavy (non-hydrogen) atoms. The number of nitro groups is 1. The minimum atomic E-state index is -1.12. The number of carboxylic acids is 1. The van der Waals surface area contributed by atoms with Gasteiger partial charge in [0, 0.05) is 11.6 Å². The molecule has 0 saturated carbocycles. The fraction of sp³-hybridized carbons (Fsp3) is 0.400. The summed E-state index contributed by atoms with van der Waals surface area (Å²) in [4.78, 5) is 44.7. The van der Waals surface area contributed by atoms with Gasteiger partial charge in [-0.05, 0) is 18.6 Å². The van der Waals surface area contributed by atoms with E-state index < -0.39 is 28.7 Å².